The largest absolute Gasteiger partial charge is 0.316 e. The molecule has 1 amide bonds. The molecule has 6 heteroatoms. The Balaban J connectivity index is 1.87. The highest BCUT2D eigenvalue weighted by Gasteiger charge is 2.20. The Bertz CT molecular complexity index is 367. The van der Waals surface area contributed by atoms with Gasteiger partial charge in [0, 0.05) is 12.6 Å². The second-order valence-electron chi connectivity index (χ2n) is 3.49. The Morgan fingerprint density at radius 1 is 1.67 bits per heavy atom. The lowest BCUT2D eigenvalue weighted by Gasteiger charge is -2.26. The van der Waals surface area contributed by atoms with Gasteiger partial charge in [-0.3, -0.25) is 4.79 Å². The third-order valence-electron chi connectivity index (χ3n) is 2.23. The second-order valence-corrected chi connectivity index (χ2v) is 3.83. The summed E-state index contributed by atoms with van der Waals surface area (Å²) in [5, 5.41) is 5.93. The molecule has 5 nitrogen and oxygen atoms in total. The third kappa shape index (κ3) is 2.87. The molecule has 2 rings (SSSR count). The van der Waals surface area contributed by atoms with E-state index in [4.69, 9.17) is 11.6 Å². The van der Waals surface area contributed by atoms with Gasteiger partial charge in [0.25, 0.3) is 0 Å². The van der Waals surface area contributed by atoms with Crippen molar-refractivity contribution in [1.29, 1.82) is 0 Å². The number of halogens is 1. The molecule has 1 aromatic heterocycles. The molecule has 2 N–H and O–H groups in total. The SMILES string of the molecule is O=C(CC1CNC1)Nc1ccnc(Cl)n1. The Morgan fingerprint density at radius 3 is 3.07 bits per heavy atom. The van der Waals surface area contributed by atoms with Crippen LogP contribution in [0.5, 0.6) is 0 Å². The highest BCUT2D eigenvalue weighted by Crippen LogP contribution is 2.11. The van der Waals surface area contributed by atoms with E-state index in [1.54, 1.807) is 6.07 Å². The number of rotatable bonds is 3. The lowest BCUT2D eigenvalue weighted by molar-refractivity contribution is -0.117. The van der Waals surface area contributed by atoms with Crippen molar-refractivity contribution >= 4 is 23.3 Å². The zero-order valence-electron chi connectivity index (χ0n) is 8.03. The van der Waals surface area contributed by atoms with E-state index in [2.05, 4.69) is 20.6 Å². The van der Waals surface area contributed by atoms with E-state index in [1.165, 1.54) is 6.20 Å². The number of carbonyl (C=O) groups excluding carboxylic acids is 1. The number of hydrogen-bond acceptors (Lipinski definition) is 4. The first-order valence-electron chi connectivity index (χ1n) is 4.73. The van der Waals surface area contributed by atoms with Crippen molar-refractivity contribution in [3.63, 3.8) is 0 Å². The number of nitrogens with zero attached hydrogens (tertiary/aromatic N) is 2. The van der Waals surface area contributed by atoms with E-state index >= 15 is 0 Å². The summed E-state index contributed by atoms with van der Waals surface area (Å²) in [6.07, 6.45) is 2.03. The normalized spacial score (nSPS) is 15.8. The molecule has 0 saturated carbocycles. The molecular formula is C9H11ClN4O. The van der Waals surface area contributed by atoms with Crippen molar-refractivity contribution in [3.8, 4) is 0 Å². The van der Waals surface area contributed by atoms with Gasteiger partial charge in [-0.1, -0.05) is 0 Å². The van der Waals surface area contributed by atoms with Crippen molar-refractivity contribution in [3.05, 3.63) is 17.5 Å². The van der Waals surface area contributed by atoms with Crippen LogP contribution in [0.15, 0.2) is 12.3 Å². The van der Waals surface area contributed by atoms with Crippen LogP contribution in [0.3, 0.4) is 0 Å². The van der Waals surface area contributed by atoms with Crippen LogP contribution in [0.2, 0.25) is 5.28 Å². The van der Waals surface area contributed by atoms with E-state index in [1.807, 2.05) is 0 Å². The molecule has 15 heavy (non-hydrogen) atoms. The van der Waals surface area contributed by atoms with Gasteiger partial charge in [0.05, 0.1) is 0 Å². The minimum absolute atomic E-state index is 0.0312. The van der Waals surface area contributed by atoms with Crippen LogP contribution < -0.4 is 10.6 Å². The maximum atomic E-state index is 11.5. The van der Waals surface area contributed by atoms with Crippen molar-refractivity contribution in [2.75, 3.05) is 18.4 Å². The number of amides is 1. The summed E-state index contributed by atoms with van der Waals surface area (Å²) >= 11 is 5.59. The lowest BCUT2D eigenvalue weighted by Crippen LogP contribution is -2.43. The first-order chi connectivity index (χ1) is 7.24. The highest BCUT2D eigenvalue weighted by atomic mass is 35.5. The van der Waals surface area contributed by atoms with Gasteiger partial charge in [0.2, 0.25) is 11.2 Å². The Hall–Kier alpha value is -1.20. The van der Waals surface area contributed by atoms with Crippen LogP contribution >= 0.6 is 11.6 Å². The molecule has 1 aromatic rings. The Kier molecular flexibility index (Phi) is 3.13. The van der Waals surface area contributed by atoms with Crippen molar-refractivity contribution in [1.82, 2.24) is 15.3 Å². The predicted molar refractivity (Wildman–Crippen MR) is 56.6 cm³/mol. The summed E-state index contributed by atoms with van der Waals surface area (Å²) in [5.74, 6) is 0.867. The number of anilines is 1. The lowest BCUT2D eigenvalue weighted by atomic mass is 9.99. The molecule has 1 aliphatic rings. The van der Waals surface area contributed by atoms with E-state index in [0.717, 1.165) is 13.1 Å². The average Bonchev–Trinajstić information content (AvgIpc) is 2.11. The molecule has 0 bridgehead atoms. The number of carbonyl (C=O) groups is 1. The first-order valence-corrected chi connectivity index (χ1v) is 5.11. The Morgan fingerprint density at radius 2 is 2.47 bits per heavy atom. The minimum Gasteiger partial charge on any atom is -0.316 e. The molecule has 0 aliphatic carbocycles. The Labute approximate surface area is 92.3 Å². The first kappa shape index (κ1) is 10.3. The molecule has 0 spiro atoms. The number of nitrogens with one attached hydrogen (secondary N) is 2. The second kappa shape index (κ2) is 4.55. The van der Waals surface area contributed by atoms with Gasteiger partial charge in [0.15, 0.2) is 0 Å². The van der Waals surface area contributed by atoms with E-state index in [-0.39, 0.29) is 11.2 Å². The van der Waals surface area contributed by atoms with Crippen molar-refractivity contribution in [2.24, 2.45) is 5.92 Å². The monoisotopic (exact) mass is 226 g/mol. The summed E-state index contributed by atoms with van der Waals surface area (Å²) in [7, 11) is 0. The van der Waals surface area contributed by atoms with Gasteiger partial charge in [-0.25, -0.2) is 9.97 Å². The van der Waals surface area contributed by atoms with E-state index in [0.29, 0.717) is 18.2 Å². The summed E-state index contributed by atoms with van der Waals surface area (Å²) in [6.45, 7) is 1.83. The summed E-state index contributed by atoms with van der Waals surface area (Å²) in [5.41, 5.74) is 0. The molecular weight excluding hydrogens is 216 g/mol. The molecule has 0 aromatic carbocycles. The molecule has 80 valence electrons. The highest BCUT2D eigenvalue weighted by molar-refractivity contribution is 6.28. The number of hydrogen-bond donors (Lipinski definition) is 2. The molecule has 2 heterocycles. The van der Waals surface area contributed by atoms with Crippen LogP contribution in [-0.4, -0.2) is 29.0 Å². The van der Waals surface area contributed by atoms with Gasteiger partial charge in [0.1, 0.15) is 5.82 Å². The standard InChI is InChI=1S/C9H11ClN4O/c10-9-12-2-1-7(14-9)13-8(15)3-6-4-11-5-6/h1-2,6,11H,3-5H2,(H,12,13,14,15). The zero-order chi connectivity index (χ0) is 10.7. The molecule has 1 saturated heterocycles. The van der Waals surface area contributed by atoms with Crippen LogP contribution in [0.1, 0.15) is 6.42 Å². The molecule has 0 atom stereocenters. The summed E-state index contributed by atoms with van der Waals surface area (Å²) in [6, 6.07) is 1.61. The zero-order valence-corrected chi connectivity index (χ0v) is 8.79. The average molecular weight is 227 g/mol. The van der Waals surface area contributed by atoms with Crippen LogP contribution in [-0.2, 0) is 4.79 Å². The van der Waals surface area contributed by atoms with Gasteiger partial charge < -0.3 is 10.6 Å². The fourth-order valence-electron chi connectivity index (χ4n) is 1.35. The van der Waals surface area contributed by atoms with Crippen LogP contribution in [0.4, 0.5) is 5.82 Å². The van der Waals surface area contributed by atoms with Gasteiger partial charge in [-0.05, 0) is 36.7 Å². The van der Waals surface area contributed by atoms with Gasteiger partial charge in [-0.2, -0.15) is 0 Å². The smallest absolute Gasteiger partial charge is 0.225 e. The topological polar surface area (TPSA) is 66.9 Å². The third-order valence-corrected chi connectivity index (χ3v) is 2.42. The van der Waals surface area contributed by atoms with Crippen molar-refractivity contribution < 1.29 is 4.79 Å². The number of aromatic nitrogens is 2. The fraction of sp³-hybridized carbons (Fsp3) is 0.444. The van der Waals surface area contributed by atoms with Crippen molar-refractivity contribution in [2.45, 2.75) is 6.42 Å². The van der Waals surface area contributed by atoms with E-state index < -0.39 is 0 Å². The fourth-order valence-corrected chi connectivity index (χ4v) is 1.50. The van der Waals surface area contributed by atoms with Gasteiger partial charge >= 0.3 is 0 Å². The summed E-state index contributed by atoms with van der Waals surface area (Å²) in [4.78, 5) is 19.1. The van der Waals surface area contributed by atoms with Crippen LogP contribution in [0.25, 0.3) is 0 Å². The summed E-state index contributed by atoms with van der Waals surface area (Å²) < 4.78 is 0. The van der Waals surface area contributed by atoms with Gasteiger partial charge in [-0.15, -0.1) is 0 Å². The maximum Gasteiger partial charge on any atom is 0.225 e. The molecule has 0 radical (unpaired) electrons. The van der Waals surface area contributed by atoms with E-state index in [9.17, 15) is 4.79 Å². The predicted octanol–water partition coefficient (Wildman–Crippen LogP) is 0.678. The maximum absolute atomic E-state index is 11.5. The molecule has 1 aliphatic heterocycles. The van der Waals surface area contributed by atoms with Crippen LogP contribution in [0, 0.1) is 5.92 Å². The molecule has 1 fully saturated rings. The quantitative estimate of drug-likeness (QED) is 0.744. The molecule has 0 unspecified atom stereocenters. The minimum atomic E-state index is -0.0312.